The van der Waals surface area contributed by atoms with Crippen LogP contribution >= 0.6 is 0 Å². The number of nitrogens with one attached hydrogen (secondary N) is 2. The first-order valence-corrected chi connectivity index (χ1v) is 5.76. The lowest BCUT2D eigenvalue weighted by Gasteiger charge is -2.14. The van der Waals surface area contributed by atoms with Gasteiger partial charge in [-0.25, -0.2) is 4.79 Å². The van der Waals surface area contributed by atoms with Gasteiger partial charge in [0.2, 0.25) is 0 Å². The van der Waals surface area contributed by atoms with Crippen LogP contribution in [0.3, 0.4) is 0 Å². The summed E-state index contributed by atoms with van der Waals surface area (Å²) in [5, 5.41) is 18.0. The third-order valence-electron chi connectivity index (χ3n) is 2.45. The highest BCUT2D eigenvalue weighted by Gasteiger charge is 2.13. The van der Waals surface area contributed by atoms with Crippen molar-refractivity contribution in [2.45, 2.75) is 32.4 Å². The number of aromatic nitrogens is 2. The number of aliphatic carboxylic acids is 1. The van der Waals surface area contributed by atoms with E-state index in [1.807, 2.05) is 6.92 Å². The number of carboxylic acids is 1. The summed E-state index contributed by atoms with van der Waals surface area (Å²) in [6.45, 7) is 2.14. The van der Waals surface area contributed by atoms with Crippen LogP contribution in [0, 0.1) is 0 Å². The van der Waals surface area contributed by atoms with E-state index in [9.17, 15) is 9.59 Å². The topological polar surface area (TPSA) is 96.3 Å². The van der Waals surface area contributed by atoms with E-state index in [1.165, 1.54) is 0 Å². The Labute approximate surface area is 105 Å². The predicted octanol–water partition coefficient (Wildman–Crippen LogP) is 0.473. The van der Waals surface area contributed by atoms with Gasteiger partial charge in [0.15, 0.2) is 0 Å². The average Bonchev–Trinajstić information content (AvgIpc) is 2.71. The SMILES string of the molecule is CCC(CC(=O)O)NC(=O)NCc1ccn(C)n1. The van der Waals surface area contributed by atoms with Gasteiger partial charge in [-0.2, -0.15) is 5.10 Å². The molecule has 0 fully saturated rings. The maximum absolute atomic E-state index is 11.5. The van der Waals surface area contributed by atoms with Crippen molar-refractivity contribution >= 4 is 12.0 Å². The fraction of sp³-hybridized carbons (Fsp3) is 0.545. The molecule has 1 aromatic heterocycles. The Balaban J connectivity index is 2.34. The smallest absolute Gasteiger partial charge is 0.315 e. The van der Waals surface area contributed by atoms with Gasteiger partial charge in [-0.3, -0.25) is 9.48 Å². The molecule has 0 spiro atoms. The minimum atomic E-state index is -0.924. The lowest BCUT2D eigenvalue weighted by Crippen LogP contribution is -2.42. The molecule has 1 aromatic rings. The molecule has 0 aliphatic rings. The Morgan fingerprint density at radius 1 is 1.56 bits per heavy atom. The Bertz CT molecular complexity index is 416. The number of hydrogen-bond donors (Lipinski definition) is 3. The second kappa shape index (κ2) is 6.63. The van der Waals surface area contributed by atoms with Crippen molar-refractivity contribution < 1.29 is 14.7 Å². The number of urea groups is 1. The molecule has 2 amide bonds. The highest BCUT2D eigenvalue weighted by molar-refractivity contribution is 5.75. The monoisotopic (exact) mass is 254 g/mol. The van der Waals surface area contributed by atoms with Crippen LogP contribution in [0.5, 0.6) is 0 Å². The quantitative estimate of drug-likeness (QED) is 0.687. The Kier molecular flexibility index (Phi) is 5.16. The molecule has 0 aliphatic heterocycles. The summed E-state index contributed by atoms with van der Waals surface area (Å²) in [5.41, 5.74) is 0.749. The van der Waals surface area contributed by atoms with E-state index in [-0.39, 0.29) is 18.5 Å². The third-order valence-corrected chi connectivity index (χ3v) is 2.45. The first kappa shape index (κ1) is 14.0. The number of hydrogen-bond acceptors (Lipinski definition) is 3. The summed E-state index contributed by atoms with van der Waals surface area (Å²) >= 11 is 0. The van der Waals surface area contributed by atoms with Gasteiger partial charge in [0.05, 0.1) is 18.7 Å². The molecule has 1 atom stereocenters. The Hall–Kier alpha value is -2.05. The summed E-state index contributed by atoms with van der Waals surface area (Å²) in [7, 11) is 1.80. The molecule has 0 bridgehead atoms. The van der Waals surface area contributed by atoms with Gasteiger partial charge in [-0.15, -0.1) is 0 Å². The standard InChI is InChI=1S/C11H18N4O3/c1-3-8(6-10(16)17)13-11(18)12-7-9-4-5-15(2)14-9/h4-5,8H,3,6-7H2,1-2H3,(H,16,17)(H2,12,13,18). The van der Waals surface area contributed by atoms with Crippen LogP contribution in [0.1, 0.15) is 25.5 Å². The van der Waals surface area contributed by atoms with Crippen molar-refractivity contribution in [1.82, 2.24) is 20.4 Å². The van der Waals surface area contributed by atoms with Gasteiger partial charge in [0, 0.05) is 19.3 Å². The normalized spacial score (nSPS) is 11.9. The minimum absolute atomic E-state index is 0.0759. The molecule has 18 heavy (non-hydrogen) atoms. The number of rotatable bonds is 6. The van der Waals surface area contributed by atoms with Crippen LogP contribution in [-0.4, -0.2) is 32.9 Å². The van der Waals surface area contributed by atoms with Crippen LogP contribution in [0.2, 0.25) is 0 Å². The highest BCUT2D eigenvalue weighted by atomic mass is 16.4. The van der Waals surface area contributed by atoms with E-state index >= 15 is 0 Å². The zero-order valence-electron chi connectivity index (χ0n) is 10.5. The van der Waals surface area contributed by atoms with Crippen LogP contribution in [0.4, 0.5) is 4.79 Å². The second-order valence-corrected chi connectivity index (χ2v) is 4.01. The average molecular weight is 254 g/mol. The summed E-state index contributed by atoms with van der Waals surface area (Å²) in [5.74, 6) is -0.924. The van der Waals surface area contributed by atoms with Crippen molar-refractivity contribution in [1.29, 1.82) is 0 Å². The lowest BCUT2D eigenvalue weighted by molar-refractivity contribution is -0.137. The van der Waals surface area contributed by atoms with Gasteiger partial charge < -0.3 is 15.7 Å². The molecule has 1 unspecified atom stereocenters. The lowest BCUT2D eigenvalue weighted by atomic mass is 10.1. The van der Waals surface area contributed by atoms with Crippen molar-refractivity contribution in [2.24, 2.45) is 7.05 Å². The van der Waals surface area contributed by atoms with Gasteiger partial charge >= 0.3 is 12.0 Å². The van der Waals surface area contributed by atoms with Crippen molar-refractivity contribution in [3.63, 3.8) is 0 Å². The molecule has 0 aliphatic carbocycles. The maximum atomic E-state index is 11.5. The number of nitrogens with zero attached hydrogens (tertiary/aromatic N) is 2. The van der Waals surface area contributed by atoms with Crippen LogP contribution in [0.25, 0.3) is 0 Å². The van der Waals surface area contributed by atoms with Gasteiger partial charge in [0.1, 0.15) is 0 Å². The summed E-state index contributed by atoms with van der Waals surface area (Å²) in [4.78, 5) is 22.1. The molecule has 1 heterocycles. The van der Waals surface area contributed by atoms with Crippen LogP contribution < -0.4 is 10.6 Å². The zero-order valence-corrected chi connectivity index (χ0v) is 10.5. The number of amides is 2. The third kappa shape index (κ3) is 4.86. The molecular formula is C11H18N4O3. The van der Waals surface area contributed by atoms with Gasteiger partial charge in [-0.1, -0.05) is 6.92 Å². The molecular weight excluding hydrogens is 236 g/mol. The van der Waals surface area contributed by atoms with Crippen molar-refractivity contribution in [3.8, 4) is 0 Å². The van der Waals surface area contributed by atoms with E-state index in [4.69, 9.17) is 5.11 Å². The van der Waals surface area contributed by atoms with E-state index in [1.54, 1.807) is 24.0 Å². The molecule has 0 saturated carbocycles. The van der Waals surface area contributed by atoms with E-state index < -0.39 is 5.97 Å². The molecule has 0 saturated heterocycles. The first-order valence-electron chi connectivity index (χ1n) is 5.76. The van der Waals surface area contributed by atoms with E-state index in [2.05, 4.69) is 15.7 Å². The molecule has 0 aromatic carbocycles. The number of aryl methyl sites for hydroxylation is 1. The van der Waals surface area contributed by atoms with E-state index in [0.717, 1.165) is 5.69 Å². The van der Waals surface area contributed by atoms with Crippen LogP contribution in [-0.2, 0) is 18.4 Å². The molecule has 100 valence electrons. The van der Waals surface area contributed by atoms with E-state index in [0.29, 0.717) is 13.0 Å². The first-order chi connectivity index (χ1) is 8.51. The highest BCUT2D eigenvalue weighted by Crippen LogP contribution is 1.98. The number of carbonyl (C=O) groups is 2. The molecule has 7 nitrogen and oxygen atoms in total. The Morgan fingerprint density at radius 2 is 2.28 bits per heavy atom. The number of carbonyl (C=O) groups excluding carboxylic acids is 1. The molecule has 1 rings (SSSR count). The maximum Gasteiger partial charge on any atom is 0.315 e. The van der Waals surface area contributed by atoms with Crippen molar-refractivity contribution in [2.75, 3.05) is 0 Å². The largest absolute Gasteiger partial charge is 0.481 e. The fourth-order valence-corrected chi connectivity index (χ4v) is 1.47. The summed E-state index contributed by atoms with van der Waals surface area (Å²) in [6, 6.07) is 1.06. The predicted molar refractivity (Wildman–Crippen MR) is 64.9 cm³/mol. The summed E-state index contributed by atoms with van der Waals surface area (Å²) in [6.07, 6.45) is 2.28. The van der Waals surface area contributed by atoms with Gasteiger partial charge in [-0.05, 0) is 12.5 Å². The van der Waals surface area contributed by atoms with Gasteiger partial charge in [0.25, 0.3) is 0 Å². The minimum Gasteiger partial charge on any atom is -0.481 e. The molecule has 7 heteroatoms. The molecule has 3 N–H and O–H groups in total. The summed E-state index contributed by atoms with van der Waals surface area (Å²) < 4.78 is 1.65. The fourth-order valence-electron chi connectivity index (χ4n) is 1.47. The molecule has 0 radical (unpaired) electrons. The second-order valence-electron chi connectivity index (χ2n) is 4.01. The zero-order chi connectivity index (χ0) is 13.5. The Morgan fingerprint density at radius 3 is 2.78 bits per heavy atom. The van der Waals surface area contributed by atoms with Crippen molar-refractivity contribution in [3.05, 3.63) is 18.0 Å². The number of carboxylic acid groups (broad SMARTS) is 1. The van der Waals surface area contributed by atoms with Crippen LogP contribution in [0.15, 0.2) is 12.3 Å².